The van der Waals surface area contributed by atoms with E-state index in [4.69, 9.17) is 4.74 Å². The molecule has 0 aliphatic carbocycles. The van der Waals surface area contributed by atoms with Gasteiger partial charge in [-0.05, 0) is 48.2 Å². The average molecular weight is 267 g/mol. The quantitative estimate of drug-likeness (QED) is 0.793. The van der Waals surface area contributed by atoms with Gasteiger partial charge in [0.1, 0.15) is 5.75 Å². The Hall–Kier alpha value is -2.29. The highest BCUT2D eigenvalue weighted by Gasteiger charge is 2.22. The number of rotatable bonds is 1. The van der Waals surface area contributed by atoms with Gasteiger partial charge in [-0.15, -0.1) is 0 Å². The van der Waals surface area contributed by atoms with Crippen LogP contribution >= 0.6 is 0 Å². The summed E-state index contributed by atoms with van der Waals surface area (Å²) in [4.78, 5) is 13.4. The zero-order chi connectivity index (χ0) is 14.3. The second-order valence-corrected chi connectivity index (χ2v) is 5.17. The van der Waals surface area contributed by atoms with Crippen molar-refractivity contribution in [1.82, 2.24) is 0 Å². The van der Waals surface area contributed by atoms with Gasteiger partial charge in [0.2, 0.25) is 0 Å². The van der Waals surface area contributed by atoms with Crippen molar-refractivity contribution in [2.75, 3.05) is 18.6 Å². The van der Waals surface area contributed by atoms with Crippen molar-refractivity contribution < 1.29 is 9.53 Å². The Morgan fingerprint density at radius 3 is 2.75 bits per heavy atom. The molecule has 0 N–H and O–H groups in total. The number of nitrogens with zero attached hydrogens (tertiary/aromatic N) is 1. The number of anilines is 1. The predicted molar refractivity (Wildman–Crippen MR) is 80.3 cm³/mol. The normalized spacial score (nSPS) is 13.9. The topological polar surface area (TPSA) is 29.5 Å². The molecule has 1 amide bonds. The molecule has 0 aromatic heterocycles. The standard InChI is InChI=1S/C17H17NO2/c1-11-5-4-6-14(12(11)2)13-7-8-16-15(9-13)18(3)17(19)10-20-16/h4-9H,10H2,1-3H3. The molecule has 3 heteroatoms. The van der Waals surface area contributed by atoms with E-state index >= 15 is 0 Å². The number of hydrogen-bond donors (Lipinski definition) is 0. The maximum atomic E-state index is 11.7. The molecule has 1 heterocycles. The number of likely N-dealkylation sites (N-methyl/N-ethyl adjacent to an activating group) is 1. The van der Waals surface area contributed by atoms with E-state index in [1.807, 2.05) is 18.2 Å². The van der Waals surface area contributed by atoms with Crippen molar-refractivity contribution in [3.8, 4) is 16.9 Å². The molecule has 1 aliphatic heterocycles. The van der Waals surface area contributed by atoms with E-state index in [0.29, 0.717) is 0 Å². The minimum atomic E-state index is -0.0179. The van der Waals surface area contributed by atoms with Crippen molar-refractivity contribution in [3.05, 3.63) is 47.5 Å². The van der Waals surface area contributed by atoms with Crippen LogP contribution in [0.4, 0.5) is 5.69 Å². The van der Waals surface area contributed by atoms with Gasteiger partial charge in [-0.25, -0.2) is 0 Å². The Morgan fingerprint density at radius 2 is 1.95 bits per heavy atom. The summed E-state index contributed by atoms with van der Waals surface area (Å²) in [5, 5.41) is 0. The molecule has 0 fully saturated rings. The Morgan fingerprint density at radius 1 is 1.15 bits per heavy atom. The first-order chi connectivity index (χ1) is 9.58. The first-order valence-corrected chi connectivity index (χ1v) is 6.68. The lowest BCUT2D eigenvalue weighted by Gasteiger charge is -2.26. The molecular formula is C17H17NO2. The second-order valence-electron chi connectivity index (χ2n) is 5.17. The fraction of sp³-hybridized carbons (Fsp3) is 0.235. The molecule has 0 bridgehead atoms. The van der Waals surface area contributed by atoms with Crippen LogP contribution in [0.5, 0.6) is 5.75 Å². The van der Waals surface area contributed by atoms with E-state index in [9.17, 15) is 4.79 Å². The number of benzene rings is 2. The Labute approximate surface area is 118 Å². The zero-order valence-corrected chi connectivity index (χ0v) is 11.9. The van der Waals surface area contributed by atoms with Crippen LogP contribution in [0.15, 0.2) is 36.4 Å². The van der Waals surface area contributed by atoms with Crippen LogP contribution in [0.2, 0.25) is 0 Å². The van der Waals surface area contributed by atoms with Crippen LogP contribution in [-0.2, 0) is 4.79 Å². The highest BCUT2D eigenvalue weighted by atomic mass is 16.5. The van der Waals surface area contributed by atoms with E-state index in [2.05, 4.69) is 32.0 Å². The Bertz CT molecular complexity index is 691. The van der Waals surface area contributed by atoms with Crippen molar-refractivity contribution in [1.29, 1.82) is 0 Å². The molecule has 0 radical (unpaired) electrons. The van der Waals surface area contributed by atoms with Crippen molar-refractivity contribution in [2.45, 2.75) is 13.8 Å². The number of amides is 1. The Kier molecular flexibility index (Phi) is 2.97. The van der Waals surface area contributed by atoms with Crippen LogP contribution in [0, 0.1) is 13.8 Å². The molecule has 3 nitrogen and oxygen atoms in total. The van der Waals surface area contributed by atoms with E-state index in [-0.39, 0.29) is 12.5 Å². The summed E-state index contributed by atoms with van der Waals surface area (Å²) in [7, 11) is 1.79. The number of hydrogen-bond acceptors (Lipinski definition) is 2. The van der Waals surface area contributed by atoms with Gasteiger partial charge in [0.25, 0.3) is 5.91 Å². The van der Waals surface area contributed by atoms with Gasteiger partial charge in [0, 0.05) is 7.05 Å². The average Bonchev–Trinajstić information content (AvgIpc) is 2.46. The van der Waals surface area contributed by atoms with Crippen molar-refractivity contribution in [2.24, 2.45) is 0 Å². The van der Waals surface area contributed by atoms with Crippen LogP contribution in [0.1, 0.15) is 11.1 Å². The second kappa shape index (κ2) is 4.67. The van der Waals surface area contributed by atoms with Crippen LogP contribution < -0.4 is 9.64 Å². The van der Waals surface area contributed by atoms with Gasteiger partial charge in [0.05, 0.1) is 5.69 Å². The van der Waals surface area contributed by atoms with Gasteiger partial charge in [-0.2, -0.15) is 0 Å². The summed E-state index contributed by atoms with van der Waals surface area (Å²) in [6.45, 7) is 4.35. The van der Waals surface area contributed by atoms with Gasteiger partial charge in [-0.1, -0.05) is 24.3 Å². The molecule has 0 saturated heterocycles. The number of carbonyl (C=O) groups excluding carboxylic acids is 1. The molecule has 3 rings (SSSR count). The number of aryl methyl sites for hydroxylation is 1. The van der Waals surface area contributed by atoms with Crippen LogP contribution in [0.3, 0.4) is 0 Å². The molecule has 0 spiro atoms. The molecule has 2 aromatic rings. The third-order valence-electron chi connectivity index (χ3n) is 3.96. The van der Waals surface area contributed by atoms with Crippen LogP contribution in [-0.4, -0.2) is 19.6 Å². The molecule has 0 unspecified atom stereocenters. The summed E-state index contributed by atoms with van der Waals surface area (Å²) in [5.74, 6) is 0.747. The summed E-state index contributed by atoms with van der Waals surface area (Å²) in [6.07, 6.45) is 0. The van der Waals surface area contributed by atoms with Gasteiger partial charge < -0.3 is 9.64 Å². The number of carbonyl (C=O) groups is 1. The van der Waals surface area contributed by atoms with Crippen molar-refractivity contribution >= 4 is 11.6 Å². The highest BCUT2D eigenvalue weighted by Crippen LogP contribution is 2.36. The largest absolute Gasteiger partial charge is 0.482 e. The SMILES string of the molecule is Cc1cccc(-c2ccc3c(c2)N(C)C(=O)CO3)c1C. The summed E-state index contributed by atoms with van der Waals surface area (Å²) < 4.78 is 5.46. The lowest BCUT2D eigenvalue weighted by molar-refractivity contribution is -0.120. The van der Waals surface area contributed by atoms with E-state index in [1.165, 1.54) is 16.7 Å². The molecule has 0 saturated carbocycles. The molecule has 0 atom stereocenters. The minimum absolute atomic E-state index is 0.0179. The lowest BCUT2D eigenvalue weighted by Crippen LogP contribution is -2.35. The Balaban J connectivity index is 2.13. The third-order valence-corrected chi connectivity index (χ3v) is 3.96. The van der Waals surface area contributed by atoms with Gasteiger partial charge in [0.15, 0.2) is 6.61 Å². The first kappa shape index (κ1) is 12.7. The number of fused-ring (bicyclic) bond motifs is 1. The fourth-order valence-corrected chi connectivity index (χ4v) is 2.50. The number of ether oxygens (including phenoxy) is 1. The molecular weight excluding hydrogens is 250 g/mol. The lowest BCUT2D eigenvalue weighted by atomic mass is 9.96. The van der Waals surface area contributed by atoms with Gasteiger partial charge in [-0.3, -0.25) is 4.79 Å². The molecule has 2 aromatic carbocycles. The maximum absolute atomic E-state index is 11.7. The first-order valence-electron chi connectivity index (χ1n) is 6.68. The monoisotopic (exact) mass is 267 g/mol. The summed E-state index contributed by atoms with van der Waals surface area (Å²) in [6, 6.07) is 12.3. The van der Waals surface area contributed by atoms with Crippen molar-refractivity contribution in [3.63, 3.8) is 0 Å². The summed E-state index contributed by atoms with van der Waals surface area (Å²) in [5.41, 5.74) is 5.66. The fourth-order valence-electron chi connectivity index (χ4n) is 2.50. The van der Waals surface area contributed by atoms with E-state index < -0.39 is 0 Å². The maximum Gasteiger partial charge on any atom is 0.264 e. The molecule has 1 aliphatic rings. The summed E-state index contributed by atoms with van der Waals surface area (Å²) >= 11 is 0. The predicted octanol–water partition coefficient (Wildman–Crippen LogP) is 3.33. The third kappa shape index (κ3) is 1.95. The molecule has 20 heavy (non-hydrogen) atoms. The molecule has 102 valence electrons. The van der Waals surface area contributed by atoms with Gasteiger partial charge >= 0.3 is 0 Å². The minimum Gasteiger partial charge on any atom is -0.482 e. The smallest absolute Gasteiger partial charge is 0.264 e. The van der Waals surface area contributed by atoms with Crippen LogP contribution in [0.25, 0.3) is 11.1 Å². The van der Waals surface area contributed by atoms with E-state index in [1.54, 1.807) is 11.9 Å². The highest BCUT2D eigenvalue weighted by molar-refractivity contribution is 5.98. The zero-order valence-electron chi connectivity index (χ0n) is 11.9. The van der Waals surface area contributed by atoms with E-state index in [0.717, 1.165) is 17.0 Å².